The summed E-state index contributed by atoms with van der Waals surface area (Å²) in [5, 5.41) is 10.7. The molecule has 0 bridgehead atoms. The molecule has 16 nitrogen and oxygen atoms in total. The second-order valence-corrected chi connectivity index (χ2v) is 21.9. The maximum atomic E-state index is 12.7. The molecule has 0 radical (unpaired) electrons. The van der Waals surface area contributed by atoms with Crippen LogP contribution in [0.25, 0.3) is 17.4 Å². The van der Waals surface area contributed by atoms with Crippen LogP contribution in [0.3, 0.4) is 0 Å². The standard InChI is InChI=1S/C44H64N2O14S3/c1-43(2,3)42-31-34(11-7-12-41-44(4,17-8-21-47)38-33-36(61(6,48)49)14-16-39(38)46(41)19-10-30-63(53,54)55)37-15-13-35(32-40(37)60-42)45(18-9-29-62(50,51)52)20-22-57-25-26-59-28-27-58-24-23-56-5/h7,11-16,31-33,47H,8-10,17-30H2,1-6H3,(H-,50,51,52,53,54,55)/p+1. The number of hydrogen-bond donors (Lipinski definition) is 3. The maximum absolute atomic E-state index is 12.7. The lowest BCUT2D eigenvalue weighted by molar-refractivity contribution is 0.00371. The molecule has 1 unspecified atom stereocenters. The van der Waals surface area contributed by atoms with Crippen LogP contribution >= 0.6 is 0 Å². The minimum atomic E-state index is -4.24. The first kappa shape index (κ1) is 52.1. The van der Waals surface area contributed by atoms with Gasteiger partial charge in [0.2, 0.25) is 5.36 Å². The predicted molar refractivity (Wildman–Crippen MR) is 243 cm³/mol. The molecule has 3 aliphatic rings. The molecular formula is C44H65N2O14S3+. The van der Waals surface area contributed by atoms with Gasteiger partial charge in [0.25, 0.3) is 20.2 Å². The van der Waals surface area contributed by atoms with Crippen LogP contribution in [-0.4, -0.2) is 137 Å². The molecule has 352 valence electrons. The number of anilines is 1. The van der Waals surface area contributed by atoms with Crippen LogP contribution in [0.15, 0.2) is 69.6 Å². The number of hydrogen-bond acceptors (Lipinski definition) is 13. The number of aliphatic hydroxyl groups excluding tert-OH is 1. The zero-order chi connectivity index (χ0) is 46.5. The summed E-state index contributed by atoms with van der Waals surface area (Å²) in [6, 6.07) is 12.6. The first-order valence-electron chi connectivity index (χ1n) is 21.0. The number of allylic oxidation sites excluding steroid dienone is 3. The SMILES string of the molecule is COCCOCCOCCOCC[N+](CCCS(=O)(=O)O)=c1ccc2c(C=CC=C3N(CCCS(=O)(=O)O)c4ccc(S(C)(=O)=O)cc4C3(C)CCCO)cc(C(C)(C)C)oc-2c1. The Hall–Kier alpha value is -3.50. The second-order valence-electron chi connectivity index (χ2n) is 16.8. The number of rotatable bonds is 26. The topological polar surface area (TPSA) is 219 Å². The molecule has 19 heteroatoms. The van der Waals surface area contributed by atoms with E-state index in [1.165, 1.54) is 6.07 Å². The number of fused-ring (bicyclic) bond motifs is 2. The van der Waals surface area contributed by atoms with E-state index >= 15 is 0 Å². The summed E-state index contributed by atoms with van der Waals surface area (Å²) in [5.41, 5.74) is 2.67. The Bertz CT molecular complexity index is 2420. The van der Waals surface area contributed by atoms with Crippen LogP contribution in [0.5, 0.6) is 0 Å². The van der Waals surface area contributed by atoms with Gasteiger partial charge in [0, 0.05) is 66.8 Å². The summed E-state index contributed by atoms with van der Waals surface area (Å²) in [7, 11) is -10.4. The van der Waals surface area contributed by atoms with Gasteiger partial charge in [0.15, 0.2) is 16.4 Å². The molecule has 0 fully saturated rings. The number of aliphatic hydroxyl groups is 1. The number of sulfone groups is 1. The van der Waals surface area contributed by atoms with Gasteiger partial charge in [-0.05, 0) is 73.7 Å². The number of ether oxygens (including phenoxy) is 4. The summed E-state index contributed by atoms with van der Waals surface area (Å²) < 4.78 is 121. The molecule has 1 atom stereocenters. The van der Waals surface area contributed by atoms with Crippen molar-refractivity contribution >= 4 is 41.8 Å². The molecule has 63 heavy (non-hydrogen) atoms. The normalized spacial score (nSPS) is 17.3. The van der Waals surface area contributed by atoms with Gasteiger partial charge in [0.1, 0.15) is 24.7 Å². The van der Waals surface area contributed by atoms with Crippen LogP contribution in [0.4, 0.5) is 5.69 Å². The van der Waals surface area contributed by atoms with Crippen LogP contribution in [-0.2, 0) is 59.9 Å². The zero-order valence-corrected chi connectivity index (χ0v) is 39.7. The third kappa shape index (κ3) is 15.9. The predicted octanol–water partition coefficient (Wildman–Crippen LogP) is 4.56. The van der Waals surface area contributed by atoms with Crippen molar-refractivity contribution in [1.29, 1.82) is 0 Å². The molecule has 1 aliphatic carbocycles. The van der Waals surface area contributed by atoms with E-state index in [-0.39, 0.29) is 30.9 Å². The van der Waals surface area contributed by atoms with Crippen molar-refractivity contribution < 1.29 is 62.8 Å². The highest BCUT2D eigenvalue weighted by Crippen LogP contribution is 2.51. The van der Waals surface area contributed by atoms with Gasteiger partial charge in [-0.25, -0.2) is 13.0 Å². The quantitative estimate of drug-likeness (QED) is 0.0571. The molecule has 4 rings (SSSR count). The van der Waals surface area contributed by atoms with Crippen LogP contribution in [0.1, 0.15) is 70.3 Å². The Balaban J connectivity index is 1.74. The Morgan fingerprint density at radius 2 is 1.44 bits per heavy atom. The van der Waals surface area contributed by atoms with Crippen LogP contribution in [0.2, 0.25) is 0 Å². The third-order valence-corrected chi connectivity index (χ3v) is 13.4. The van der Waals surface area contributed by atoms with Gasteiger partial charge in [-0.1, -0.05) is 32.9 Å². The zero-order valence-electron chi connectivity index (χ0n) is 37.2. The fourth-order valence-corrected chi connectivity index (χ4v) is 9.05. The van der Waals surface area contributed by atoms with E-state index in [0.29, 0.717) is 89.4 Å². The summed E-state index contributed by atoms with van der Waals surface area (Å²) in [4.78, 5) is 2.10. The van der Waals surface area contributed by atoms with Crippen molar-refractivity contribution in [3.8, 4) is 11.3 Å². The van der Waals surface area contributed by atoms with Crippen molar-refractivity contribution in [2.24, 2.45) is 0 Å². The second kappa shape index (κ2) is 23.1. The summed E-state index contributed by atoms with van der Waals surface area (Å²) >= 11 is 0. The lowest BCUT2D eigenvalue weighted by atomic mass is 9.77. The van der Waals surface area contributed by atoms with E-state index in [9.17, 15) is 39.5 Å². The summed E-state index contributed by atoms with van der Waals surface area (Å²) in [6.07, 6.45) is 8.05. The van der Waals surface area contributed by atoms with Gasteiger partial charge in [-0.3, -0.25) is 9.11 Å². The maximum Gasteiger partial charge on any atom is 0.265 e. The number of methoxy groups -OCH3 is 1. The van der Waals surface area contributed by atoms with Gasteiger partial charge < -0.3 is 33.4 Å². The van der Waals surface area contributed by atoms with Crippen LogP contribution in [0, 0.1) is 0 Å². The van der Waals surface area contributed by atoms with Gasteiger partial charge in [-0.2, -0.15) is 16.8 Å². The summed E-state index contributed by atoms with van der Waals surface area (Å²) in [5.74, 6) is 0.420. The lowest BCUT2D eigenvalue weighted by Gasteiger charge is -2.30. The van der Waals surface area contributed by atoms with Crippen molar-refractivity contribution in [3.63, 3.8) is 0 Å². The van der Waals surface area contributed by atoms with E-state index < -0.39 is 52.4 Å². The van der Waals surface area contributed by atoms with Crippen LogP contribution < -0.4 is 14.8 Å². The number of nitrogens with zero attached hydrogens (tertiary/aromatic N) is 2. The van der Waals surface area contributed by atoms with E-state index in [1.807, 2.05) is 79.7 Å². The minimum absolute atomic E-state index is 0.0912. The molecule has 3 N–H and O–H groups in total. The highest BCUT2D eigenvalue weighted by molar-refractivity contribution is 7.90. The average molecular weight is 942 g/mol. The van der Waals surface area contributed by atoms with Crippen molar-refractivity contribution in [2.45, 2.75) is 69.1 Å². The van der Waals surface area contributed by atoms with E-state index in [4.69, 9.17) is 23.4 Å². The molecule has 0 amide bonds. The van der Waals surface area contributed by atoms with E-state index in [2.05, 4.69) is 0 Å². The largest absolute Gasteiger partial charge is 0.460 e. The lowest BCUT2D eigenvalue weighted by Crippen LogP contribution is -2.35. The minimum Gasteiger partial charge on any atom is -0.460 e. The molecular weight excluding hydrogens is 877 g/mol. The molecule has 2 heterocycles. The molecule has 0 saturated heterocycles. The third-order valence-electron chi connectivity index (χ3n) is 10.7. The Labute approximate surface area is 373 Å². The number of benzene rings is 2. The molecule has 0 aromatic heterocycles. The van der Waals surface area contributed by atoms with Gasteiger partial charge >= 0.3 is 0 Å². The van der Waals surface area contributed by atoms with Crippen molar-refractivity contribution in [1.82, 2.24) is 4.58 Å². The molecule has 1 aromatic rings. The first-order valence-corrected chi connectivity index (χ1v) is 26.1. The van der Waals surface area contributed by atoms with Gasteiger partial charge in [0.05, 0.1) is 62.1 Å². The fraction of sp³-hybridized carbons (Fsp3) is 0.568. The van der Waals surface area contributed by atoms with Crippen molar-refractivity contribution in [3.05, 3.63) is 82.6 Å². The molecule has 1 aromatic carbocycles. The molecule has 0 saturated carbocycles. The molecule has 2 aliphatic heterocycles. The first-order chi connectivity index (χ1) is 29.6. The highest BCUT2D eigenvalue weighted by Gasteiger charge is 2.43. The highest BCUT2D eigenvalue weighted by atomic mass is 32.2. The van der Waals surface area contributed by atoms with E-state index in [1.54, 1.807) is 19.2 Å². The molecule has 0 spiro atoms. The monoisotopic (exact) mass is 941 g/mol. The average Bonchev–Trinajstić information content (AvgIpc) is 3.42. The van der Waals surface area contributed by atoms with E-state index in [0.717, 1.165) is 34.0 Å². The van der Waals surface area contributed by atoms with Crippen molar-refractivity contribution in [2.75, 3.05) is 102 Å². The van der Waals surface area contributed by atoms with Gasteiger partial charge in [-0.15, -0.1) is 0 Å². The fourth-order valence-electron chi connectivity index (χ4n) is 7.42. The Morgan fingerprint density at radius 1 is 0.810 bits per heavy atom. The smallest absolute Gasteiger partial charge is 0.265 e. The summed E-state index contributed by atoms with van der Waals surface area (Å²) in [6.45, 7) is 11.8. The Morgan fingerprint density at radius 3 is 2.05 bits per heavy atom. The Kier molecular flexibility index (Phi) is 19.1.